The molecule has 2 amide bonds. The second-order valence-electron chi connectivity index (χ2n) is 4.81. The molecular weight excluding hydrogens is 316 g/mol. The topological polar surface area (TPSA) is 104 Å². The number of H-pyrrole nitrogens is 1. The van der Waals surface area contributed by atoms with Crippen molar-refractivity contribution in [2.75, 3.05) is 16.4 Å². The van der Waals surface area contributed by atoms with Crippen LogP contribution in [0.1, 0.15) is 12.6 Å². The van der Waals surface area contributed by atoms with Crippen molar-refractivity contribution < 1.29 is 9.59 Å². The molecule has 0 fully saturated rings. The van der Waals surface area contributed by atoms with Gasteiger partial charge in [-0.05, 0) is 31.2 Å². The van der Waals surface area contributed by atoms with Crippen LogP contribution >= 0.6 is 11.8 Å². The Morgan fingerprint density at radius 2 is 1.91 bits per heavy atom. The number of nitrogens with one attached hydrogen (secondary N) is 3. The Hall–Kier alpha value is -2.61. The maximum Gasteiger partial charge on any atom is 0.346 e. The minimum absolute atomic E-state index is 0.125. The van der Waals surface area contributed by atoms with Crippen molar-refractivity contribution in [3.8, 4) is 0 Å². The van der Waals surface area contributed by atoms with Crippen LogP contribution in [0.4, 0.5) is 11.4 Å². The molecule has 8 heteroatoms. The number of nitrogens with zero attached hydrogens (tertiary/aromatic N) is 1. The first kappa shape index (κ1) is 16.8. The van der Waals surface area contributed by atoms with E-state index in [1.807, 2.05) is 0 Å². The van der Waals surface area contributed by atoms with Gasteiger partial charge in [-0.15, -0.1) is 0 Å². The minimum atomic E-state index is -0.434. The van der Waals surface area contributed by atoms with E-state index in [0.29, 0.717) is 22.1 Å². The summed E-state index contributed by atoms with van der Waals surface area (Å²) in [7, 11) is 0. The van der Waals surface area contributed by atoms with Gasteiger partial charge in [0.2, 0.25) is 11.8 Å². The summed E-state index contributed by atoms with van der Waals surface area (Å²) < 4.78 is 0. The van der Waals surface area contributed by atoms with Crippen LogP contribution in [-0.4, -0.2) is 27.5 Å². The van der Waals surface area contributed by atoms with Crippen LogP contribution in [0.25, 0.3) is 0 Å². The quantitative estimate of drug-likeness (QED) is 0.572. The van der Waals surface area contributed by atoms with Gasteiger partial charge >= 0.3 is 5.69 Å². The summed E-state index contributed by atoms with van der Waals surface area (Å²) in [5, 5.41) is 5.87. The van der Waals surface area contributed by atoms with Gasteiger partial charge in [-0.3, -0.25) is 9.59 Å². The Bertz CT molecular complexity index is 788. The lowest BCUT2D eigenvalue weighted by molar-refractivity contribution is -0.114. The van der Waals surface area contributed by atoms with E-state index in [1.165, 1.54) is 18.7 Å². The summed E-state index contributed by atoms with van der Waals surface area (Å²) >= 11 is 1.18. The van der Waals surface area contributed by atoms with Gasteiger partial charge in [0.05, 0.1) is 5.75 Å². The van der Waals surface area contributed by atoms with Crippen molar-refractivity contribution in [1.29, 1.82) is 0 Å². The maximum atomic E-state index is 12.0. The van der Waals surface area contributed by atoms with Gasteiger partial charge in [0.25, 0.3) is 0 Å². The van der Waals surface area contributed by atoms with Crippen molar-refractivity contribution in [3.63, 3.8) is 0 Å². The monoisotopic (exact) mass is 332 g/mol. The van der Waals surface area contributed by atoms with Crippen LogP contribution in [-0.2, 0) is 9.59 Å². The molecule has 3 N–H and O–H groups in total. The lowest BCUT2D eigenvalue weighted by Gasteiger charge is -2.07. The predicted octanol–water partition coefficient (Wildman–Crippen LogP) is 1.77. The first-order valence-corrected chi connectivity index (χ1v) is 7.79. The molecule has 0 aliphatic heterocycles. The van der Waals surface area contributed by atoms with Crippen molar-refractivity contribution in [1.82, 2.24) is 9.97 Å². The highest BCUT2D eigenvalue weighted by Crippen LogP contribution is 2.17. The number of hydrogen-bond donors (Lipinski definition) is 3. The molecule has 0 spiro atoms. The third-order valence-corrected chi connectivity index (χ3v) is 3.59. The van der Waals surface area contributed by atoms with Crippen LogP contribution in [0.3, 0.4) is 0 Å². The molecule has 2 rings (SSSR count). The van der Waals surface area contributed by atoms with E-state index >= 15 is 0 Å². The first-order chi connectivity index (χ1) is 10.9. The van der Waals surface area contributed by atoms with Crippen molar-refractivity contribution >= 4 is 35.0 Å². The number of hydrogen-bond acceptors (Lipinski definition) is 5. The van der Waals surface area contributed by atoms with Gasteiger partial charge in [0, 0.05) is 24.0 Å². The minimum Gasteiger partial charge on any atom is -0.326 e. The van der Waals surface area contributed by atoms with Gasteiger partial charge < -0.3 is 15.6 Å². The summed E-state index contributed by atoms with van der Waals surface area (Å²) in [5.74, 6) is -0.283. The smallest absolute Gasteiger partial charge is 0.326 e. The second-order valence-corrected chi connectivity index (χ2v) is 5.80. The maximum absolute atomic E-state index is 12.0. The first-order valence-electron chi connectivity index (χ1n) is 6.80. The summed E-state index contributed by atoms with van der Waals surface area (Å²) in [6.07, 6.45) is 0. The number of amides is 2. The van der Waals surface area contributed by atoms with Crippen LogP contribution in [0.5, 0.6) is 0 Å². The average molecular weight is 332 g/mol. The number of rotatable bonds is 5. The number of carbonyl (C=O) groups is 2. The zero-order chi connectivity index (χ0) is 16.8. The van der Waals surface area contributed by atoms with Gasteiger partial charge in [-0.2, -0.15) is 4.98 Å². The molecule has 0 unspecified atom stereocenters. The van der Waals surface area contributed by atoms with E-state index in [4.69, 9.17) is 0 Å². The highest BCUT2D eigenvalue weighted by atomic mass is 32.2. The van der Waals surface area contributed by atoms with Crippen LogP contribution in [0, 0.1) is 6.92 Å². The van der Waals surface area contributed by atoms with E-state index in [9.17, 15) is 14.4 Å². The Balaban J connectivity index is 1.94. The molecule has 1 heterocycles. The van der Waals surface area contributed by atoms with Crippen LogP contribution in [0.2, 0.25) is 0 Å². The summed E-state index contributed by atoms with van der Waals surface area (Å²) in [6, 6.07) is 8.56. The fourth-order valence-electron chi connectivity index (χ4n) is 1.84. The van der Waals surface area contributed by atoms with Crippen molar-refractivity contribution in [2.24, 2.45) is 0 Å². The molecule has 0 bridgehead atoms. The van der Waals surface area contributed by atoms with E-state index in [-0.39, 0.29) is 17.6 Å². The molecule has 120 valence electrons. The fraction of sp³-hybridized carbons (Fsp3) is 0.200. The molecule has 0 atom stereocenters. The predicted molar refractivity (Wildman–Crippen MR) is 89.7 cm³/mol. The molecule has 0 radical (unpaired) electrons. The van der Waals surface area contributed by atoms with E-state index in [1.54, 1.807) is 37.3 Å². The molecule has 0 saturated heterocycles. The SMILES string of the molecule is CC(=O)Nc1cccc(NC(=O)CSc2cc(C)[nH]c(=O)n2)c1. The number of anilines is 2. The van der Waals surface area contributed by atoms with E-state index in [2.05, 4.69) is 20.6 Å². The number of benzene rings is 1. The van der Waals surface area contributed by atoms with E-state index in [0.717, 1.165) is 0 Å². The van der Waals surface area contributed by atoms with Crippen molar-refractivity contribution in [3.05, 3.63) is 46.5 Å². The lowest BCUT2D eigenvalue weighted by atomic mass is 10.2. The molecule has 23 heavy (non-hydrogen) atoms. The zero-order valence-corrected chi connectivity index (χ0v) is 13.5. The highest BCUT2D eigenvalue weighted by Gasteiger charge is 2.06. The second kappa shape index (κ2) is 7.59. The summed E-state index contributed by atoms with van der Waals surface area (Å²) in [5.41, 5.74) is 1.44. The molecule has 2 aromatic rings. The van der Waals surface area contributed by atoms with Gasteiger partial charge in [-0.1, -0.05) is 17.8 Å². The van der Waals surface area contributed by atoms with Crippen LogP contribution in [0.15, 0.2) is 40.2 Å². The molecule has 0 aliphatic rings. The van der Waals surface area contributed by atoms with E-state index < -0.39 is 5.69 Å². The fourth-order valence-corrected chi connectivity index (χ4v) is 2.60. The van der Waals surface area contributed by atoms with Crippen molar-refractivity contribution in [2.45, 2.75) is 18.9 Å². The normalized spacial score (nSPS) is 10.2. The third-order valence-electron chi connectivity index (χ3n) is 2.67. The largest absolute Gasteiger partial charge is 0.346 e. The summed E-state index contributed by atoms with van der Waals surface area (Å²) in [6.45, 7) is 3.17. The van der Waals surface area contributed by atoms with Gasteiger partial charge in [-0.25, -0.2) is 4.79 Å². The third kappa shape index (κ3) is 5.59. The highest BCUT2D eigenvalue weighted by molar-refractivity contribution is 7.99. The number of aromatic nitrogens is 2. The number of aromatic amines is 1. The average Bonchev–Trinajstić information content (AvgIpc) is 2.44. The Kier molecular flexibility index (Phi) is 5.53. The molecule has 1 aromatic carbocycles. The molecule has 0 saturated carbocycles. The number of thioether (sulfide) groups is 1. The lowest BCUT2D eigenvalue weighted by Crippen LogP contribution is -2.16. The Morgan fingerprint density at radius 3 is 2.57 bits per heavy atom. The molecule has 7 nitrogen and oxygen atoms in total. The molecule has 0 aliphatic carbocycles. The molecular formula is C15H16N4O3S. The van der Waals surface area contributed by atoms with Crippen LogP contribution < -0.4 is 16.3 Å². The van der Waals surface area contributed by atoms with Gasteiger partial charge in [0.15, 0.2) is 0 Å². The summed E-state index contributed by atoms with van der Waals surface area (Å²) in [4.78, 5) is 40.6. The number of carbonyl (C=O) groups excluding carboxylic acids is 2. The van der Waals surface area contributed by atoms with Gasteiger partial charge in [0.1, 0.15) is 5.03 Å². The Morgan fingerprint density at radius 1 is 1.22 bits per heavy atom. The molecule has 1 aromatic heterocycles. The standard InChI is InChI=1S/C15H16N4O3S/c1-9-6-14(19-15(22)16-9)23-8-13(21)18-12-5-3-4-11(7-12)17-10(2)20/h3-7H,8H2,1-2H3,(H,17,20)(H,18,21)(H,16,19,22). The Labute approximate surface area is 136 Å². The number of aryl methyl sites for hydroxylation is 1. The zero-order valence-electron chi connectivity index (χ0n) is 12.7.